The van der Waals surface area contributed by atoms with E-state index in [0.29, 0.717) is 18.8 Å². The number of halogens is 1. The van der Waals surface area contributed by atoms with Gasteiger partial charge in [0.25, 0.3) is 0 Å². The van der Waals surface area contributed by atoms with Gasteiger partial charge in [0.05, 0.1) is 11.0 Å². The first-order valence-corrected chi connectivity index (χ1v) is 6.79. The van der Waals surface area contributed by atoms with Crippen molar-refractivity contribution in [3.63, 3.8) is 0 Å². The van der Waals surface area contributed by atoms with Crippen LogP contribution in [0.15, 0.2) is 11.1 Å². The number of hydrogen-bond acceptors (Lipinski definition) is 3. The van der Waals surface area contributed by atoms with Gasteiger partial charge in [0, 0.05) is 17.6 Å². The Balaban J connectivity index is 2.33. The average Bonchev–Trinajstić information content (AvgIpc) is 2.30. The third kappa shape index (κ3) is 3.40. The summed E-state index contributed by atoms with van der Waals surface area (Å²) in [6.45, 7) is 4.84. The first-order valence-electron chi connectivity index (χ1n) is 4.28. The molecule has 76 valence electrons. The molecule has 0 aromatic rings. The lowest BCUT2D eigenvalue weighted by molar-refractivity contribution is 0.580. The highest BCUT2D eigenvalue weighted by atomic mass is 79.9. The molecule has 1 saturated heterocycles. The molecule has 3 nitrogen and oxygen atoms in total. The van der Waals surface area contributed by atoms with Crippen molar-refractivity contribution in [2.45, 2.75) is 18.1 Å². The number of hydrogen-bond donors (Lipinski definition) is 1. The van der Waals surface area contributed by atoms with Crippen molar-refractivity contribution in [2.24, 2.45) is 0 Å². The Morgan fingerprint density at radius 2 is 2.31 bits per heavy atom. The maximum Gasteiger partial charge on any atom is 0.154 e. The lowest BCUT2D eigenvalue weighted by atomic mass is 10.2. The molecule has 1 aliphatic rings. The first kappa shape index (κ1) is 11.2. The molecule has 0 saturated carbocycles. The fourth-order valence-electron chi connectivity index (χ4n) is 1.46. The third-order valence-corrected chi connectivity index (χ3v) is 4.71. The van der Waals surface area contributed by atoms with Crippen molar-refractivity contribution < 1.29 is 8.42 Å². The molecule has 0 aromatic carbocycles. The molecule has 0 bridgehead atoms. The van der Waals surface area contributed by atoms with Gasteiger partial charge in [-0.2, -0.15) is 0 Å². The van der Waals surface area contributed by atoms with E-state index >= 15 is 0 Å². The van der Waals surface area contributed by atoms with E-state index in [1.807, 2.05) is 0 Å². The summed E-state index contributed by atoms with van der Waals surface area (Å²) >= 11 is 3.21. The average molecular weight is 268 g/mol. The lowest BCUT2D eigenvalue weighted by Crippen LogP contribution is -2.31. The highest BCUT2D eigenvalue weighted by molar-refractivity contribution is 9.11. The molecule has 1 unspecified atom stereocenters. The van der Waals surface area contributed by atoms with Crippen molar-refractivity contribution in [3.8, 4) is 0 Å². The molecule has 0 amide bonds. The Hall–Kier alpha value is 0.130. The van der Waals surface area contributed by atoms with E-state index < -0.39 is 9.84 Å². The van der Waals surface area contributed by atoms with Crippen LogP contribution >= 0.6 is 15.9 Å². The smallest absolute Gasteiger partial charge is 0.154 e. The molecule has 1 atom stereocenters. The topological polar surface area (TPSA) is 46.2 Å². The Morgan fingerprint density at radius 3 is 2.77 bits per heavy atom. The molecule has 1 fully saturated rings. The van der Waals surface area contributed by atoms with Crippen molar-refractivity contribution in [3.05, 3.63) is 11.1 Å². The summed E-state index contributed by atoms with van der Waals surface area (Å²) in [5, 5.41) is 2.88. The predicted molar refractivity (Wildman–Crippen MR) is 57.7 cm³/mol. The van der Waals surface area contributed by atoms with Crippen molar-refractivity contribution in [1.82, 2.24) is 5.32 Å². The van der Waals surface area contributed by atoms with Crippen molar-refractivity contribution in [2.75, 3.05) is 18.8 Å². The lowest BCUT2D eigenvalue weighted by Gasteiger charge is -2.09. The summed E-state index contributed by atoms with van der Waals surface area (Å²) in [7, 11) is -2.79. The summed E-state index contributed by atoms with van der Waals surface area (Å²) < 4.78 is 23.6. The van der Waals surface area contributed by atoms with Gasteiger partial charge < -0.3 is 5.32 Å². The van der Waals surface area contributed by atoms with E-state index in [0.717, 1.165) is 17.3 Å². The van der Waals surface area contributed by atoms with E-state index in [1.54, 1.807) is 0 Å². The van der Waals surface area contributed by atoms with Crippen LogP contribution < -0.4 is 5.32 Å². The minimum absolute atomic E-state index is 0.181. The first-order chi connectivity index (χ1) is 6.02. The highest BCUT2D eigenvalue weighted by Gasteiger charge is 2.30. The number of rotatable bonds is 4. The highest BCUT2D eigenvalue weighted by Crippen LogP contribution is 2.19. The molecular weight excluding hydrogens is 254 g/mol. The van der Waals surface area contributed by atoms with E-state index in [9.17, 15) is 8.42 Å². The molecule has 0 aromatic heterocycles. The Morgan fingerprint density at radius 1 is 1.62 bits per heavy atom. The Bertz CT molecular complexity index is 287. The molecule has 1 heterocycles. The molecule has 0 spiro atoms. The van der Waals surface area contributed by atoms with Crippen molar-refractivity contribution >= 4 is 25.8 Å². The van der Waals surface area contributed by atoms with E-state index in [-0.39, 0.29) is 5.25 Å². The van der Waals surface area contributed by atoms with Crippen LogP contribution in [0.1, 0.15) is 12.8 Å². The summed E-state index contributed by atoms with van der Waals surface area (Å²) in [6.07, 6.45) is 1.61. The quantitative estimate of drug-likeness (QED) is 0.829. The zero-order valence-electron chi connectivity index (χ0n) is 7.42. The zero-order valence-corrected chi connectivity index (χ0v) is 9.83. The molecule has 5 heteroatoms. The summed E-state index contributed by atoms with van der Waals surface area (Å²) in [5.74, 6) is 0.356. The van der Waals surface area contributed by atoms with Crippen LogP contribution in [0.4, 0.5) is 0 Å². The van der Waals surface area contributed by atoms with Gasteiger partial charge in [-0.25, -0.2) is 8.42 Å². The minimum atomic E-state index is -2.79. The number of nitrogens with one attached hydrogen (secondary N) is 1. The maximum atomic E-state index is 11.4. The van der Waals surface area contributed by atoms with Gasteiger partial charge in [0.15, 0.2) is 9.84 Å². The van der Waals surface area contributed by atoms with Crippen LogP contribution in [0, 0.1) is 0 Å². The van der Waals surface area contributed by atoms with Gasteiger partial charge in [-0.15, -0.1) is 0 Å². The molecule has 0 aliphatic carbocycles. The normalized spacial score (nSPS) is 26.1. The van der Waals surface area contributed by atoms with Gasteiger partial charge in [-0.05, 0) is 12.8 Å². The van der Waals surface area contributed by atoms with E-state index in [1.165, 1.54) is 0 Å². The second-order valence-corrected chi connectivity index (χ2v) is 6.80. The Labute approximate surface area is 87.6 Å². The maximum absolute atomic E-state index is 11.4. The molecular formula is C8H14BrNO2S. The fraction of sp³-hybridized carbons (Fsp3) is 0.750. The monoisotopic (exact) mass is 267 g/mol. The van der Waals surface area contributed by atoms with Crippen LogP contribution in [-0.2, 0) is 9.84 Å². The largest absolute Gasteiger partial charge is 0.311 e. The number of sulfone groups is 1. The summed E-state index contributed by atoms with van der Waals surface area (Å²) in [5.41, 5.74) is 0. The minimum Gasteiger partial charge on any atom is -0.311 e. The van der Waals surface area contributed by atoms with Crippen LogP contribution in [-0.4, -0.2) is 32.5 Å². The summed E-state index contributed by atoms with van der Waals surface area (Å²) in [6, 6.07) is 0. The second-order valence-electron chi connectivity index (χ2n) is 3.28. The van der Waals surface area contributed by atoms with Crippen LogP contribution in [0.25, 0.3) is 0 Å². The van der Waals surface area contributed by atoms with Gasteiger partial charge in [0.1, 0.15) is 0 Å². The van der Waals surface area contributed by atoms with Gasteiger partial charge in [-0.1, -0.05) is 22.5 Å². The fourth-order valence-corrected chi connectivity index (χ4v) is 3.45. The molecule has 1 rings (SSSR count). The van der Waals surface area contributed by atoms with Crippen LogP contribution in [0.5, 0.6) is 0 Å². The SMILES string of the molecule is C=C(Br)CNCC1CCCS1(=O)=O. The zero-order chi connectivity index (χ0) is 9.90. The molecule has 0 radical (unpaired) electrons. The predicted octanol–water partition coefficient (Wildman–Crippen LogP) is 1.06. The van der Waals surface area contributed by atoms with Crippen molar-refractivity contribution in [1.29, 1.82) is 0 Å². The van der Waals surface area contributed by atoms with Gasteiger partial charge in [0.2, 0.25) is 0 Å². The molecule has 1 aliphatic heterocycles. The third-order valence-electron chi connectivity index (χ3n) is 2.15. The molecule has 1 N–H and O–H groups in total. The Kier molecular flexibility index (Phi) is 3.94. The standard InChI is InChI=1S/C8H14BrNO2S/c1-7(9)5-10-6-8-3-2-4-13(8,11)12/h8,10H,1-6H2. The van der Waals surface area contributed by atoms with Gasteiger partial charge in [-0.3, -0.25) is 0 Å². The van der Waals surface area contributed by atoms with Gasteiger partial charge >= 0.3 is 0 Å². The van der Waals surface area contributed by atoms with E-state index in [2.05, 4.69) is 27.8 Å². The van der Waals surface area contributed by atoms with E-state index in [4.69, 9.17) is 0 Å². The van der Waals surface area contributed by atoms with Crippen LogP contribution in [0.3, 0.4) is 0 Å². The second kappa shape index (κ2) is 4.57. The van der Waals surface area contributed by atoms with Crippen LogP contribution in [0.2, 0.25) is 0 Å². The molecule has 13 heavy (non-hydrogen) atoms. The summed E-state index contributed by atoms with van der Waals surface area (Å²) in [4.78, 5) is 0.